The van der Waals surface area contributed by atoms with E-state index in [4.69, 9.17) is 0 Å². The molecule has 0 amide bonds. The van der Waals surface area contributed by atoms with E-state index < -0.39 is 0 Å². The van der Waals surface area contributed by atoms with Crippen molar-refractivity contribution in [3.63, 3.8) is 0 Å². The molecule has 0 bridgehead atoms. The lowest BCUT2D eigenvalue weighted by Crippen LogP contribution is -2.08. The Hall–Kier alpha value is -2.07. The van der Waals surface area contributed by atoms with Crippen LogP contribution in [-0.2, 0) is 0 Å². The molecule has 4 heteroatoms. The van der Waals surface area contributed by atoms with Crippen LogP contribution in [0.25, 0.3) is 20.8 Å². The van der Waals surface area contributed by atoms with Crippen LogP contribution in [0.5, 0.6) is 5.75 Å². The molecule has 96 valence electrons. The van der Waals surface area contributed by atoms with Crippen LogP contribution < -0.4 is 4.90 Å². The summed E-state index contributed by atoms with van der Waals surface area (Å²) in [6, 6.07) is 13.7. The molecule has 0 aliphatic rings. The predicted molar refractivity (Wildman–Crippen MR) is 81.0 cm³/mol. The van der Waals surface area contributed by atoms with E-state index in [2.05, 4.69) is 4.98 Å². The minimum absolute atomic E-state index is 0.269. The van der Waals surface area contributed by atoms with Crippen LogP contribution >= 0.6 is 11.3 Å². The van der Waals surface area contributed by atoms with Gasteiger partial charge in [0.15, 0.2) is 0 Å². The number of hydrogen-bond acceptors (Lipinski definition) is 4. The average Bonchev–Trinajstić information content (AvgIpc) is 2.81. The molecule has 0 spiro atoms. The lowest BCUT2D eigenvalue weighted by Gasteiger charge is -2.13. The summed E-state index contributed by atoms with van der Waals surface area (Å²) < 4.78 is 1.13. The number of anilines is 1. The van der Waals surface area contributed by atoms with Gasteiger partial charge in [0.2, 0.25) is 0 Å². The summed E-state index contributed by atoms with van der Waals surface area (Å²) >= 11 is 1.59. The van der Waals surface area contributed by atoms with E-state index in [1.54, 1.807) is 17.4 Å². The summed E-state index contributed by atoms with van der Waals surface area (Å²) in [5, 5.41) is 11.0. The molecule has 19 heavy (non-hydrogen) atoms. The molecular weight excluding hydrogens is 256 g/mol. The van der Waals surface area contributed by atoms with Gasteiger partial charge >= 0.3 is 0 Å². The molecule has 1 heterocycles. The largest absolute Gasteiger partial charge is 0.507 e. The molecule has 0 saturated carbocycles. The Bertz CT molecular complexity index is 701. The fourth-order valence-corrected chi connectivity index (χ4v) is 2.97. The SMILES string of the molecule is CN(C)c1ccc(-c2nc3ccccc3s2)c(O)c1. The standard InChI is InChI=1S/C15H14N2OS/c1-17(2)10-7-8-11(13(18)9-10)15-16-12-5-3-4-6-14(12)19-15/h3-9,18H,1-2H3. The lowest BCUT2D eigenvalue weighted by atomic mass is 10.2. The first-order valence-corrected chi connectivity index (χ1v) is 6.83. The minimum atomic E-state index is 0.269. The quantitative estimate of drug-likeness (QED) is 0.770. The second kappa shape index (κ2) is 4.55. The van der Waals surface area contributed by atoms with Gasteiger partial charge in [-0.25, -0.2) is 4.98 Å². The number of fused-ring (bicyclic) bond motifs is 1. The van der Waals surface area contributed by atoms with Crippen LogP contribution in [0.15, 0.2) is 42.5 Å². The minimum Gasteiger partial charge on any atom is -0.507 e. The number of phenolic OH excluding ortho intramolecular Hbond substituents is 1. The van der Waals surface area contributed by atoms with Crippen molar-refractivity contribution in [1.82, 2.24) is 4.98 Å². The van der Waals surface area contributed by atoms with E-state index in [1.165, 1.54) is 0 Å². The normalized spacial score (nSPS) is 10.8. The Morgan fingerprint density at radius 1 is 1.11 bits per heavy atom. The van der Waals surface area contributed by atoms with Crippen molar-refractivity contribution < 1.29 is 5.11 Å². The number of aromatic hydroxyl groups is 1. The van der Waals surface area contributed by atoms with Gasteiger partial charge in [0, 0.05) is 25.8 Å². The molecule has 2 aromatic carbocycles. The molecule has 0 aliphatic heterocycles. The molecule has 3 aromatic rings. The highest BCUT2D eigenvalue weighted by atomic mass is 32.1. The Balaban J connectivity index is 2.11. The van der Waals surface area contributed by atoms with Gasteiger partial charge in [0.1, 0.15) is 10.8 Å². The fraction of sp³-hybridized carbons (Fsp3) is 0.133. The van der Waals surface area contributed by atoms with Gasteiger partial charge in [0.05, 0.1) is 15.8 Å². The van der Waals surface area contributed by atoms with E-state index in [-0.39, 0.29) is 5.75 Å². The van der Waals surface area contributed by atoms with Gasteiger partial charge < -0.3 is 10.0 Å². The van der Waals surface area contributed by atoms with E-state index >= 15 is 0 Å². The first kappa shape index (κ1) is 12.0. The number of nitrogens with zero attached hydrogens (tertiary/aromatic N) is 2. The van der Waals surface area contributed by atoms with Crippen molar-refractivity contribution in [2.24, 2.45) is 0 Å². The van der Waals surface area contributed by atoms with Crippen LogP contribution in [0, 0.1) is 0 Å². The van der Waals surface area contributed by atoms with Gasteiger partial charge in [-0.15, -0.1) is 11.3 Å². The van der Waals surface area contributed by atoms with Crippen LogP contribution in [0.1, 0.15) is 0 Å². The van der Waals surface area contributed by atoms with E-state index in [0.717, 1.165) is 26.5 Å². The number of aromatic nitrogens is 1. The van der Waals surface area contributed by atoms with E-state index in [9.17, 15) is 5.11 Å². The molecule has 0 saturated heterocycles. The van der Waals surface area contributed by atoms with E-state index in [0.29, 0.717) is 0 Å². The average molecular weight is 270 g/mol. The monoisotopic (exact) mass is 270 g/mol. The van der Waals surface area contributed by atoms with Crippen molar-refractivity contribution in [3.05, 3.63) is 42.5 Å². The maximum Gasteiger partial charge on any atom is 0.128 e. The maximum absolute atomic E-state index is 10.2. The van der Waals surface area contributed by atoms with Crippen molar-refractivity contribution in [2.75, 3.05) is 19.0 Å². The zero-order valence-corrected chi connectivity index (χ0v) is 11.6. The Kier molecular flexibility index (Phi) is 2.87. The molecule has 3 nitrogen and oxygen atoms in total. The summed E-state index contributed by atoms with van der Waals surface area (Å²) in [5.74, 6) is 0.269. The van der Waals surface area contributed by atoms with Crippen LogP contribution in [0.2, 0.25) is 0 Å². The summed E-state index contributed by atoms with van der Waals surface area (Å²) in [5.41, 5.74) is 2.73. The summed E-state index contributed by atoms with van der Waals surface area (Å²) in [6.45, 7) is 0. The van der Waals surface area contributed by atoms with Crippen molar-refractivity contribution >= 4 is 27.2 Å². The summed E-state index contributed by atoms with van der Waals surface area (Å²) in [7, 11) is 3.90. The zero-order valence-electron chi connectivity index (χ0n) is 10.8. The third-order valence-electron chi connectivity index (χ3n) is 3.02. The van der Waals surface area contributed by atoms with Crippen molar-refractivity contribution in [3.8, 4) is 16.3 Å². The number of benzene rings is 2. The van der Waals surface area contributed by atoms with Crippen molar-refractivity contribution in [2.45, 2.75) is 0 Å². The molecule has 0 unspecified atom stereocenters. The molecule has 0 aliphatic carbocycles. The molecule has 0 fully saturated rings. The summed E-state index contributed by atoms with van der Waals surface area (Å²) in [6.07, 6.45) is 0. The number of para-hydroxylation sites is 1. The highest BCUT2D eigenvalue weighted by Crippen LogP contribution is 2.36. The smallest absolute Gasteiger partial charge is 0.128 e. The number of thiazole rings is 1. The van der Waals surface area contributed by atoms with E-state index in [1.807, 2.05) is 55.4 Å². The van der Waals surface area contributed by atoms with Gasteiger partial charge in [-0.05, 0) is 24.3 Å². The molecule has 1 N–H and O–H groups in total. The maximum atomic E-state index is 10.2. The van der Waals surface area contributed by atoms with Gasteiger partial charge in [0.25, 0.3) is 0 Å². The Morgan fingerprint density at radius 3 is 2.58 bits per heavy atom. The molecule has 1 aromatic heterocycles. The fourth-order valence-electron chi connectivity index (χ4n) is 1.97. The summed E-state index contributed by atoms with van der Waals surface area (Å²) in [4.78, 5) is 6.52. The molecule has 3 rings (SSSR count). The number of rotatable bonds is 2. The third kappa shape index (κ3) is 2.15. The van der Waals surface area contributed by atoms with Crippen LogP contribution in [-0.4, -0.2) is 24.2 Å². The first-order valence-electron chi connectivity index (χ1n) is 6.01. The Morgan fingerprint density at radius 2 is 1.89 bits per heavy atom. The lowest BCUT2D eigenvalue weighted by molar-refractivity contribution is 0.477. The zero-order chi connectivity index (χ0) is 13.4. The molecule has 0 radical (unpaired) electrons. The van der Waals surface area contributed by atoms with Gasteiger partial charge in [-0.1, -0.05) is 12.1 Å². The van der Waals surface area contributed by atoms with Gasteiger partial charge in [-0.2, -0.15) is 0 Å². The van der Waals surface area contributed by atoms with Crippen LogP contribution in [0.4, 0.5) is 5.69 Å². The highest BCUT2D eigenvalue weighted by Gasteiger charge is 2.11. The second-order valence-corrected chi connectivity index (χ2v) is 5.61. The topological polar surface area (TPSA) is 36.4 Å². The molecular formula is C15H14N2OS. The number of phenols is 1. The molecule has 0 atom stereocenters. The van der Waals surface area contributed by atoms with Gasteiger partial charge in [-0.3, -0.25) is 0 Å². The predicted octanol–water partition coefficient (Wildman–Crippen LogP) is 3.73. The number of hydrogen-bond donors (Lipinski definition) is 1. The Labute approximate surface area is 115 Å². The van der Waals surface area contributed by atoms with Crippen molar-refractivity contribution in [1.29, 1.82) is 0 Å². The second-order valence-electron chi connectivity index (χ2n) is 4.58. The first-order chi connectivity index (χ1) is 9.15. The third-order valence-corrected chi connectivity index (χ3v) is 4.09. The highest BCUT2D eigenvalue weighted by molar-refractivity contribution is 7.21. The van der Waals surface area contributed by atoms with Crippen LogP contribution in [0.3, 0.4) is 0 Å².